The first kappa shape index (κ1) is 14.5. The lowest BCUT2D eigenvalue weighted by atomic mass is 10.3. The molecule has 6 heteroatoms. The van der Waals surface area contributed by atoms with Crippen LogP contribution in [0.5, 0.6) is 5.75 Å². The molecule has 0 saturated carbocycles. The first-order valence-corrected chi connectivity index (χ1v) is 7.57. The van der Waals surface area contributed by atoms with E-state index in [9.17, 15) is 9.18 Å². The molecule has 0 radical (unpaired) electrons. The smallest absolute Gasteiger partial charge is 0.229 e. The van der Waals surface area contributed by atoms with Crippen LogP contribution in [-0.2, 0) is 4.79 Å². The van der Waals surface area contributed by atoms with Gasteiger partial charge >= 0.3 is 0 Å². The van der Waals surface area contributed by atoms with Crippen molar-refractivity contribution in [2.75, 3.05) is 11.9 Å². The number of nitrogens with one attached hydrogen (secondary N) is 1. The Hall–Kier alpha value is -2.47. The van der Waals surface area contributed by atoms with Crippen molar-refractivity contribution in [1.82, 2.24) is 4.98 Å². The van der Waals surface area contributed by atoms with Crippen molar-refractivity contribution in [1.29, 1.82) is 0 Å². The Balaban J connectivity index is 1.55. The summed E-state index contributed by atoms with van der Waals surface area (Å²) in [5, 5.41) is 3.06. The van der Waals surface area contributed by atoms with Crippen LogP contribution in [0.2, 0.25) is 0 Å². The number of amides is 1. The summed E-state index contributed by atoms with van der Waals surface area (Å²) in [5.41, 5.74) is 0.281. The minimum atomic E-state index is -0.387. The standard InChI is InChI=1S/C16H13FN2O2S/c17-12-7-4-8-13-15(12)19-16(22-13)18-14(20)9-10-21-11-5-2-1-3-6-11/h1-8H,9-10H2,(H,18,19,20). The average Bonchev–Trinajstić information content (AvgIpc) is 2.92. The van der Waals surface area contributed by atoms with Gasteiger partial charge in [-0.15, -0.1) is 0 Å². The van der Waals surface area contributed by atoms with Crippen molar-refractivity contribution in [3.63, 3.8) is 0 Å². The molecular formula is C16H13FN2O2S. The molecular weight excluding hydrogens is 303 g/mol. The van der Waals surface area contributed by atoms with Gasteiger partial charge in [0.25, 0.3) is 0 Å². The van der Waals surface area contributed by atoms with Gasteiger partial charge in [-0.2, -0.15) is 0 Å². The van der Waals surface area contributed by atoms with E-state index in [0.29, 0.717) is 9.83 Å². The third-order valence-electron chi connectivity index (χ3n) is 2.96. The van der Waals surface area contributed by atoms with E-state index in [0.717, 1.165) is 5.75 Å². The number of hydrogen-bond acceptors (Lipinski definition) is 4. The van der Waals surface area contributed by atoms with E-state index < -0.39 is 0 Å². The summed E-state index contributed by atoms with van der Waals surface area (Å²) in [6.45, 7) is 0.273. The number of benzene rings is 2. The predicted octanol–water partition coefficient (Wildman–Crippen LogP) is 3.84. The van der Waals surface area contributed by atoms with Gasteiger partial charge in [0, 0.05) is 0 Å². The van der Waals surface area contributed by atoms with E-state index in [-0.39, 0.29) is 30.3 Å². The molecule has 3 aromatic rings. The number of aromatic nitrogens is 1. The van der Waals surface area contributed by atoms with Gasteiger partial charge in [0.2, 0.25) is 5.91 Å². The summed E-state index contributed by atoms with van der Waals surface area (Å²) in [6, 6.07) is 14.0. The number of para-hydroxylation sites is 2. The molecule has 0 aliphatic rings. The minimum Gasteiger partial charge on any atom is -0.493 e. The first-order chi connectivity index (χ1) is 10.7. The van der Waals surface area contributed by atoms with Crippen LogP contribution in [0, 0.1) is 5.82 Å². The number of ether oxygens (including phenoxy) is 1. The fourth-order valence-electron chi connectivity index (χ4n) is 1.93. The number of anilines is 1. The van der Waals surface area contributed by atoms with Gasteiger partial charge in [-0.05, 0) is 24.3 Å². The zero-order valence-electron chi connectivity index (χ0n) is 11.6. The quantitative estimate of drug-likeness (QED) is 0.778. The maximum Gasteiger partial charge on any atom is 0.229 e. The van der Waals surface area contributed by atoms with Gasteiger partial charge in [-0.1, -0.05) is 35.6 Å². The Kier molecular flexibility index (Phi) is 4.29. The largest absolute Gasteiger partial charge is 0.493 e. The molecule has 1 heterocycles. The second-order valence-corrected chi connectivity index (χ2v) is 5.60. The van der Waals surface area contributed by atoms with Crippen LogP contribution in [0.3, 0.4) is 0 Å². The van der Waals surface area contributed by atoms with Crippen LogP contribution in [-0.4, -0.2) is 17.5 Å². The van der Waals surface area contributed by atoms with Crippen molar-refractivity contribution >= 4 is 32.6 Å². The highest BCUT2D eigenvalue weighted by atomic mass is 32.1. The van der Waals surface area contributed by atoms with Gasteiger partial charge in [0.05, 0.1) is 17.7 Å². The number of carbonyl (C=O) groups is 1. The van der Waals surface area contributed by atoms with Crippen LogP contribution in [0.1, 0.15) is 6.42 Å². The molecule has 0 bridgehead atoms. The number of thiazole rings is 1. The maximum atomic E-state index is 13.5. The highest BCUT2D eigenvalue weighted by molar-refractivity contribution is 7.22. The Morgan fingerprint density at radius 3 is 2.77 bits per heavy atom. The summed E-state index contributed by atoms with van der Waals surface area (Å²) >= 11 is 1.25. The van der Waals surface area contributed by atoms with Gasteiger partial charge in [0.15, 0.2) is 5.13 Å². The van der Waals surface area contributed by atoms with Crippen molar-refractivity contribution < 1.29 is 13.9 Å². The van der Waals surface area contributed by atoms with E-state index in [1.165, 1.54) is 17.4 Å². The van der Waals surface area contributed by atoms with Gasteiger partial charge in [-0.3, -0.25) is 4.79 Å². The van der Waals surface area contributed by atoms with Crippen LogP contribution in [0.15, 0.2) is 48.5 Å². The number of carbonyl (C=O) groups excluding carboxylic acids is 1. The van der Waals surface area contributed by atoms with Crippen LogP contribution < -0.4 is 10.1 Å². The van der Waals surface area contributed by atoms with Gasteiger partial charge in [-0.25, -0.2) is 9.37 Å². The van der Waals surface area contributed by atoms with E-state index in [2.05, 4.69) is 10.3 Å². The molecule has 0 fully saturated rings. The highest BCUT2D eigenvalue weighted by Gasteiger charge is 2.10. The first-order valence-electron chi connectivity index (χ1n) is 6.75. The fourth-order valence-corrected chi connectivity index (χ4v) is 2.82. The Morgan fingerprint density at radius 2 is 2.00 bits per heavy atom. The molecule has 1 N–H and O–H groups in total. The molecule has 3 rings (SSSR count). The number of hydrogen-bond donors (Lipinski definition) is 1. The molecule has 1 amide bonds. The second-order valence-electron chi connectivity index (χ2n) is 4.57. The molecule has 0 unspecified atom stereocenters. The third kappa shape index (κ3) is 3.40. The second kappa shape index (κ2) is 6.53. The van der Waals surface area contributed by atoms with Crippen molar-refractivity contribution in [3.05, 3.63) is 54.3 Å². The molecule has 1 aromatic heterocycles. The Labute approximate surface area is 130 Å². The molecule has 2 aromatic carbocycles. The summed E-state index contributed by atoms with van der Waals surface area (Å²) in [7, 11) is 0. The summed E-state index contributed by atoms with van der Waals surface area (Å²) in [4.78, 5) is 15.9. The molecule has 0 aliphatic heterocycles. The molecule has 0 spiro atoms. The Morgan fingerprint density at radius 1 is 1.18 bits per heavy atom. The lowest BCUT2D eigenvalue weighted by Crippen LogP contribution is -2.15. The third-order valence-corrected chi connectivity index (χ3v) is 3.89. The normalized spacial score (nSPS) is 10.6. The average molecular weight is 316 g/mol. The number of fused-ring (bicyclic) bond motifs is 1. The SMILES string of the molecule is O=C(CCOc1ccccc1)Nc1nc2c(F)cccc2s1. The van der Waals surface area contributed by atoms with Crippen molar-refractivity contribution in [2.45, 2.75) is 6.42 Å². The summed E-state index contributed by atoms with van der Waals surface area (Å²) in [5.74, 6) is 0.120. The zero-order chi connectivity index (χ0) is 15.4. The molecule has 0 aliphatic carbocycles. The lowest BCUT2D eigenvalue weighted by molar-refractivity contribution is -0.116. The van der Waals surface area contributed by atoms with Crippen molar-refractivity contribution in [3.8, 4) is 5.75 Å². The summed E-state index contributed by atoms with van der Waals surface area (Å²) in [6.07, 6.45) is 0.202. The van der Waals surface area contributed by atoms with Gasteiger partial charge < -0.3 is 10.1 Å². The zero-order valence-corrected chi connectivity index (χ0v) is 12.4. The van der Waals surface area contributed by atoms with E-state index in [4.69, 9.17) is 4.74 Å². The lowest BCUT2D eigenvalue weighted by Gasteiger charge is -2.05. The van der Waals surface area contributed by atoms with Crippen molar-refractivity contribution in [2.24, 2.45) is 0 Å². The number of nitrogens with zero attached hydrogens (tertiary/aromatic N) is 1. The van der Waals surface area contributed by atoms with E-state index in [1.807, 2.05) is 30.3 Å². The molecule has 0 atom stereocenters. The monoisotopic (exact) mass is 316 g/mol. The Bertz CT molecular complexity index is 789. The molecule has 112 valence electrons. The number of halogens is 1. The predicted molar refractivity (Wildman–Crippen MR) is 84.8 cm³/mol. The van der Waals surface area contributed by atoms with Crippen LogP contribution in [0.4, 0.5) is 9.52 Å². The van der Waals surface area contributed by atoms with Crippen LogP contribution in [0.25, 0.3) is 10.2 Å². The maximum absolute atomic E-state index is 13.5. The summed E-state index contributed by atoms with van der Waals surface area (Å²) < 4.78 is 19.7. The topological polar surface area (TPSA) is 51.2 Å². The van der Waals surface area contributed by atoms with Crippen LogP contribution >= 0.6 is 11.3 Å². The molecule has 22 heavy (non-hydrogen) atoms. The molecule has 0 saturated heterocycles. The van der Waals surface area contributed by atoms with E-state index in [1.54, 1.807) is 12.1 Å². The fraction of sp³-hybridized carbons (Fsp3) is 0.125. The number of rotatable bonds is 5. The van der Waals surface area contributed by atoms with E-state index >= 15 is 0 Å². The highest BCUT2D eigenvalue weighted by Crippen LogP contribution is 2.27. The molecule has 4 nitrogen and oxygen atoms in total. The minimum absolute atomic E-state index is 0.202. The van der Waals surface area contributed by atoms with Gasteiger partial charge in [0.1, 0.15) is 17.1 Å².